The third-order valence-corrected chi connectivity index (χ3v) is 5.91. The summed E-state index contributed by atoms with van der Waals surface area (Å²) in [6, 6.07) is 23.9. The summed E-state index contributed by atoms with van der Waals surface area (Å²) in [5.74, 6) is 0. The number of hydrogen-bond donors (Lipinski definition) is 0. The lowest BCUT2D eigenvalue weighted by molar-refractivity contribution is -0.538. The van der Waals surface area contributed by atoms with Crippen molar-refractivity contribution < 1.29 is 17.0 Å². The van der Waals surface area contributed by atoms with E-state index in [1.807, 2.05) is 0 Å². The summed E-state index contributed by atoms with van der Waals surface area (Å²) in [5, 5.41) is 0. The van der Waals surface area contributed by atoms with E-state index in [1.54, 1.807) is 0 Å². The third kappa shape index (κ3) is 4.31. The molecule has 4 rings (SSSR count). The van der Waals surface area contributed by atoms with Crippen molar-refractivity contribution in [3.63, 3.8) is 0 Å². The molecule has 0 amide bonds. The Kier molecular flexibility index (Phi) is 7.34. The number of aromatic nitrogens is 2. The minimum Gasteiger partial charge on any atom is -1.00 e. The number of rotatable bonds is 7. The van der Waals surface area contributed by atoms with Crippen LogP contribution in [0.1, 0.15) is 27.7 Å². The first-order chi connectivity index (χ1) is 14.7. The van der Waals surface area contributed by atoms with Gasteiger partial charge in [0.25, 0.3) is 0 Å². The van der Waals surface area contributed by atoms with Gasteiger partial charge in [0.2, 0.25) is 16.7 Å². The quantitative estimate of drug-likeness (QED) is 0.329. The Bertz CT molecular complexity index is 1080. The van der Waals surface area contributed by atoms with Gasteiger partial charge in [0.1, 0.15) is 11.0 Å². The number of anilines is 2. The second kappa shape index (κ2) is 9.97. The first kappa shape index (κ1) is 22.8. The molecule has 31 heavy (non-hydrogen) atoms. The molecule has 0 fully saturated rings. The average molecular weight is 435 g/mol. The summed E-state index contributed by atoms with van der Waals surface area (Å²) in [6.45, 7) is 12.8. The highest BCUT2D eigenvalue weighted by Gasteiger charge is 2.21. The van der Waals surface area contributed by atoms with Crippen molar-refractivity contribution in [2.24, 2.45) is 0 Å². The number of nitrogens with zero attached hydrogens (tertiary/aromatic N) is 4. The fourth-order valence-electron chi connectivity index (χ4n) is 4.26. The van der Waals surface area contributed by atoms with Gasteiger partial charge in [-0.05, 0) is 52.0 Å². The van der Waals surface area contributed by atoms with Gasteiger partial charge in [0.05, 0.1) is 0 Å². The van der Waals surface area contributed by atoms with E-state index in [0.29, 0.717) is 0 Å². The summed E-state index contributed by atoms with van der Waals surface area (Å²) >= 11 is 0. The normalized spacial score (nSPS) is 10.8. The van der Waals surface area contributed by atoms with Crippen LogP contribution in [0, 0.1) is 0 Å². The van der Waals surface area contributed by atoms with Crippen LogP contribution in [0.15, 0.2) is 66.7 Å². The molecule has 3 aromatic carbocycles. The summed E-state index contributed by atoms with van der Waals surface area (Å²) in [7, 11) is 0. The standard InChI is InChI=1S/C26H31N4.ClH/c1-5-28(6-2)21-14-16-23-25(18-21)30(20-12-10-9-11-13-20)26-19-22(29(7-3)8-4)15-17-24(26)27-23;/h9-19H,5-8H2,1-4H3;1H/q+1;/p-1. The molecule has 4 nitrogen and oxygen atoms in total. The molecule has 162 valence electrons. The molecule has 0 atom stereocenters. The van der Waals surface area contributed by atoms with E-state index in [4.69, 9.17) is 4.98 Å². The van der Waals surface area contributed by atoms with Gasteiger partial charge in [-0.1, -0.05) is 18.2 Å². The first-order valence-corrected chi connectivity index (χ1v) is 11.0. The van der Waals surface area contributed by atoms with Gasteiger partial charge in [-0.15, -0.1) is 4.57 Å². The van der Waals surface area contributed by atoms with E-state index >= 15 is 0 Å². The minimum atomic E-state index is 0. The van der Waals surface area contributed by atoms with E-state index in [2.05, 4.69) is 109 Å². The maximum Gasteiger partial charge on any atom is 0.239 e. The predicted octanol–water partition coefficient (Wildman–Crippen LogP) is 2.36. The molecule has 0 saturated carbocycles. The molecule has 0 aliphatic rings. The Morgan fingerprint density at radius 1 is 0.645 bits per heavy atom. The van der Waals surface area contributed by atoms with Crippen molar-refractivity contribution >= 4 is 33.4 Å². The highest BCUT2D eigenvalue weighted by Crippen LogP contribution is 2.25. The largest absolute Gasteiger partial charge is 1.00 e. The maximum absolute atomic E-state index is 5.01. The van der Waals surface area contributed by atoms with E-state index < -0.39 is 0 Å². The molecule has 0 spiro atoms. The molecule has 4 aromatic rings. The van der Waals surface area contributed by atoms with Gasteiger partial charge in [0.15, 0.2) is 0 Å². The van der Waals surface area contributed by atoms with Gasteiger partial charge in [-0.25, -0.2) is 4.98 Å². The molecule has 0 N–H and O–H groups in total. The van der Waals surface area contributed by atoms with Gasteiger partial charge in [-0.3, -0.25) is 0 Å². The molecule has 0 saturated heterocycles. The Labute approximate surface area is 191 Å². The number of benzene rings is 3. The fraction of sp³-hybridized carbons (Fsp3) is 0.308. The topological polar surface area (TPSA) is 23.3 Å². The Morgan fingerprint density at radius 2 is 1.10 bits per heavy atom. The van der Waals surface area contributed by atoms with Crippen molar-refractivity contribution in [1.29, 1.82) is 0 Å². The van der Waals surface area contributed by atoms with Crippen molar-refractivity contribution in [3.8, 4) is 5.69 Å². The van der Waals surface area contributed by atoms with Crippen molar-refractivity contribution in [2.75, 3.05) is 36.0 Å². The minimum absolute atomic E-state index is 0. The molecular weight excluding hydrogens is 404 g/mol. The Balaban J connectivity index is 0.00000272. The van der Waals surface area contributed by atoms with Gasteiger partial charge >= 0.3 is 0 Å². The van der Waals surface area contributed by atoms with Crippen LogP contribution in [0.4, 0.5) is 11.4 Å². The Morgan fingerprint density at radius 3 is 1.52 bits per heavy atom. The SMILES string of the molecule is CCN(CC)c1ccc2nc3ccc(N(CC)CC)cc3[n+](-c3ccccc3)c2c1.[Cl-]. The number of halogens is 1. The van der Waals surface area contributed by atoms with E-state index in [1.165, 1.54) is 11.4 Å². The molecule has 0 bridgehead atoms. The molecule has 0 aliphatic carbocycles. The molecule has 5 heteroatoms. The zero-order valence-corrected chi connectivity index (χ0v) is 19.6. The van der Waals surface area contributed by atoms with Crippen LogP contribution < -0.4 is 26.8 Å². The number of para-hydroxylation sites is 1. The van der Waals surface area contributed by atoms with Crippen molar-refractivity contribution in [2.45, 2.75) is 27.7 Å². The summed E-state index contributed by atoms with van der Waals surface area (Å²) in [6.07, 6.45) is 0. The predicted molar refractivity (Wildman–Crippen MR) is 128 cm³/mol. The monoisotopic (exact) mass is 434 g/mol. The second-order valence-electron chi connectivity index (χ2n) is 7.47. The van der Waals surface area contributed by atoms with Crippen LogP contribution in [0.25, 0.3) is 27.8 Å². The smallest absolute Gasteiger partial charge is 0.239 e. The highest BCUT2D eigenvalue weighted by atomic mass is 35.5. The highest BCUT2D eigenvalue weighted by molar-refractivity contribution is 5.86. The Hall–Kier alpha value is -2.85. The van der Waals surface area contributed by atoms with Crippen LogP contribution in [-0.4, -0.2) is 31.2 Å². The number of hydrogen-bond acceptors (Lipinski definition) is 3. The molecular formula is C26H31ClN4. The van der Waals surface area contributed by atoms with E-state index in [9.17, 15) is 0 Å². The van der Waals surface area contributed by atoms with E-state index in [-0.39, 0.29) is 12.4 Å². The lowest BCUT2D eigenvalue weighted by Gasteiger charge is -2.21. The summed E-state index contributed by atoms with van der Waals surface area (Å²) < 4.78 is 2.36. The fourth-order valence-corrected chi connectivity index (χ4v) is 4.26. The van der Waals surface area contributed by atoms with Crippen LogP contribution in [-0.2, 0) is 0 Å². The molecule has 0 unspecified atom stereocenters. The van der Waals surface area contributed by atoms with E-state index in [0.717, 1.165) is 53.9 Å². The van der Waals surface area contributed by atoms with Crippen molar-refractivity contribution in [3.05, 3.63) is 66.7 Å². The van der Waals surface area contributed by atoms with Gasteiger partial charge < -0.3 is 22.2 Å². The summed E-state index contributed by atoms with van der Waals surface area (Å²) in [4.78, 5) is 9.77. The molecule has 1 heterocycles. The van der Waals surface area contributed by atoms with Crippen LogP contribution in [0.3, 0.4) is 0 Å². The molecule has 1 aromatic heterocycles. The lowest BCUT2D eigenvalue weighted by Crippen LogP contribution is -3.00. The first-order valence-electron chi connectivity index (χ1n) is 11.0. The van der Waals surface area contributed by atoms with Crippen molar-refractivity contribution in [1.82, 2.24) is 4.98 Å². The second-order valence-corrected chi connectivity index (χ2v) is 7.47. The zero-order chi connectivity index (χ0) is 21.1. The average Bonchev–Trinajstić information content (AvgIpc) is 2.79. The van der Waals surface area contributed by atoms with Crippen LogP contribution >= 0.6 is 0 Å². The number of fused-ring (bicyclic) bond motifs is 2. The van der Waals surface area contributed by atoms with Gasteiger partial charge in [0, 0.05) is 61.8 Å². The zero-order valence-electron chi connectivity index (χ0n) is 18.8. The molecule has 0 aliphatic heterocycles. The van der Waals surface area contributed by atoms with Gasteiger partial charge in [-0.2, -0.15) is 0 Å². The molecule has 0 radical (unpaired) electrons. The third-order valence-electron chi connectivity index (χ3n) is 5.91. The van der Waals surface area contributed by atoms with Crippen LogP contribution in [0.5, 0.6) is 0 Å². The lowest BCUT2D eigenvalue weighted by atomic mass is 10.1. The maximum atomic E-state index is 5.01. The van der Waals surface area contributed by atoms with Crippen LogP contribution in [0.2, 0.25) is 0 Å². The summed E-state index contributed by atoms with van der Waals surface area (Å²) in [5.41, 5.74) is 7.92.